The molecule has 1 aromatic heterocycles. The number of hydrogen-bond acceptors (Lipinski definition) is 3. The molecule has 0 amide bonds. The monoisotopic (exact) mass is 265 g/mol. The number of anilines is 1. The molecular formula is C12H9Cl2N3. The number of benzene rings is 1. The topological polar surface area (TPSA) is 39.9 Å². The molecule has 0 saturated heterocycles. The SMILES string of the molecule is CN(C)c1cc(C#N)nc2c(Cl)cc(Cl)cc12. The Balaban J connectivity index is 2.92. The number of nitriles is 1. The van der Waals surface area contributed by atoms with Crippen LogP contribution in [0, 0.1) is 11.3 Å². The molecule has 0 radical (unpaired) electrons. The summed E-state index contributed by atoms with van der Waals surface area (Å²) in [5.41, 5.74) is 1.81. The molecule has 0 atom stereocenters. The highest BCUT2D eigenvalue weighted by Crippen LogP contribution is 2.32. The quantitative estimate of drug-likeness (QED) is 0.793. The Kier molecular flexibility index (Phi) is 3.10. The van der Waals surface area contributed by atoms with E-state index in [4.69, 9.17) is 28.5 Å². The van der Waals surface area contributed by atoms with E-state index in [1.165, 1.54) is 0 Å². The van der Waals surface area contributed by atoms with Gasteiger partial charge in [-0.05, 0) is 18.2 Å². The lowest BCUT2D eigenvalue weighted by atomic mass is 10.1. The minimum Gasteiger partial charge on any atom is -0.377 e. The molecule has 0 aliphatic heterocycles. The van der Waals surface area contributed by atoms with E-state index in [0.717, 1.165) is 11.1 Å². The molecule has 3 nitrogen and oxygen atoms in total. The minimum atomic E-state index is 0.338. The first-order valence-electron chi connectivity index (χ1n) is 4.90. The molecular weight excluding hydrogens is 257 g/mol. The van der Waals surface area contributed by atoms with Crippen molar-refractivity contribution in [3.63, 3.8) is 0 Å². The molecule has 0 aliphatic rings. The van der Waals surface area contributed by atoms with Gasteiger partial charge in [-0.15, -0.1) is 0 Å². The minimum absolute atomic E-state index is 0.338. The van der Waals surface area contributed by atoms with Crippen molar-refractivity contribution >= 4 is 39.8 Å². The first kappa shape index (κ1) is 12.0. The summed E-state index contributed by atoms with van der Waals surface area (Å²) in [6.07, 6.45) is 0. The van der Waals surface area contributed by atoms with E-state index in [9.17, 15) is 0 Å². The Bertz CT molecular complexity index is 630. The fourth-order valence-electron chi connectivity index (χ4n) is 1.66. The van der Waals surface area contributed by atoms with Crippen LogP contribution in [0.1, 0.15) is 5.69 Å². The zero-order chi connectivity index (χ0) is 12.6. The van der Waals surface area contributed by atoms with Crippen molar-refractivity contribution in [1.29, 1.82) is 5.26 Å². The predicted octanol–water partition coefficient (Wildman–Crippen LogP) is 3.48. The molecule has 5 heteroatoms. The zero-order valence-electron chi connectivity index (χ0n) is 9.33. The van der Waals surface area contributed by atoms with Crippen LogP contribution in [0.5, 0.6) is 0 Å². The Hall–Kier alpha value is -1.50. The Morgan fingerprint density at radius 2 is 1.94 bits per heavy atom. The summed E-state index contributed by atoms with van der Waals surface area (Å²) in [7, 11) is 3.79. The van der Waals surface area contributed by atoms with Gasteiger partial charge in [0.15, 0.2) is 0 Å². The van der Waals surface area contributed by atoms with Crippen molar-refractivity contribution < 1.29 is 0 Å². The maximum absolute atomic E-state index is 8.95. The molecule has 1 heterocycles. The second-order valence-electron chi connectivity index (χ2n) is 3.82. The molecule has 17 heavy (non-hydrogen) atoms. The number of nitrogens with zero attached hydrogens (tertiary/aromatic N) is 3. The van der Waals surface area contributed by atoms with Gasteiger partial charge in [0.05, 0.1) is 10.5 Å². The molecule has 0 fully saturated rings. The number of fused-ring (bicyclic) bond motifs is 1. The standard InChI is InChI=1S/C12H9Cl2N3/c1-17(2)11-5-8(6-15)16-12-9(11)3-7(13)4-10(12)14/h3-5H,1-2H3. The smallest absolute Gasteiger partial charge is 0.143 e. The fraction of sp³-hybridized carbons (Fsp3) is 0.167. The van der Waals surface area contributed by atoms with Gasteiger partial charge in [-0.2, -0.15) is 5.26 Å². The van der Waals surface area contributed by atoms with Gasteiger partial charge >= 0.3 is 0 Å². The van der Waals surface area contributed by atoms with Crippen molar-refractivity contribution in [2.75, 3.05) is 19.0 Å². The Morgan fingerprint density at radius 3 is 2.53 bits per heavy atom. The average molecular weight is 266 g/mol. The Labute approximate surface area is 109 Å². The summed E-state index contributed by atoms with van der Waals surface area (Å²) >= 11 is 12.1. The molecule has 0 bridgehead atoms. The lowest BCUT2D eigenvalue weighted by molar-refractivity contribution is 1.13. The maximum Gasteiger partial charge on any atom is 0.143 e. The molecule has 0 saturated carbocycles. The van der Waals surface area contributed by atoms with Gasteiger partial charge in [0.2, 0.25) is 0 Å². The Morgan fingerprint density at radius 1 is 1.24 bits per heavy atom. The first-order valence-corrected chi connectivity index (χ1v) is 5.65. The lowest BCUT2D eigenvalue weighted by Gasteiger charge is -2.16. The van der Waals surface area contributed by atoms with Crippen molar-refractivity contribution in [3.8, 4) is 6.07 Å². The van der Waals surface area contributed by atoms with E-state index in [1.807, 2.05) is 25.1 Å². The van der Waals surface area contributed by atoms with Gasteiger partial charge in [0, 0.05) is 30.2 Å². The summed E-state index contributed by atoms with van der Waals surface area (Å²) in [4.78, 5) is 6.10. The fourth-order valence-corrected chi connectivity index (χ4v) is 2.20. The van der Waals surface area contributed by atoms with Crippen LogP contribution in [0.3, 0.4) is 0 Å². The van der Waals surface area contributed by atoms with Gasteiger partial charge in [-0.25, -0.2) is 4.98 Å². The van der Waals surface area contributed by atoms with Crippen molar-refractivity contribution in [1.82, 2.24) is 4.98 Å². The van der Waals surface area contributed by atoms with Crippen LogP contribution in [0.25, 0.3) is 10.9 Å². The highest BCUT2D eigenvalue weighted by Gasteiger charge is 2.11. The van der Waals surface area contributed by atoms with Gasteiger partial charge in [0.1, 0.15) is 11.8 Å². The molecule has 2 rings (SSSR count). The van der Waals surface area contributed by atoms with Crippen molar-refractivity contribution in [2.24, 2.45) is 0 Å². The lowest BCUT2D eigenvalue weighted by Crippen LogP contribution is -2.10. The zero-order valence-corrected chi connectivity index (χ0v) is 10.8. The third kappa shape index (κ3) is 2.14. The second-order valence-corrected chi connectivity index (χ2v) is 4.66. The van der Waals surface area contributed by atoms with Crippen LogP contribution in [0.15, 0.2) is 18.2 Å². The van der Waals surface area contributed by atoms with E-state index >= 15 is 0 Å². The van der Waals surface area contributed by atoms with Crippen molar-refractivity contribution in [2.45, 2.75) is 0 Å². The van der Waals surface area contributed by atoms with Crippen LogP contribution < -0.4 is 4.90 Å². The van der Waals surface area contributed by atoms with Gasteiger partial charge in [0.25, 0.3) is 0 Å². The van der Waals surface area contributed by atoms with Crippen LogP contribution in [-0.2, 0) is 0 Å². The number of pyridine rings is 1. The predicted molar refractivity (Wildman–Crippen MR) is 70.8 cm³/mol. The third-order valence-electron chi connectivity index (χ3n) is 2.41. The summed E-state index contributed by atoms with van der Waals surface area (Å²) in [5, 5.41) is 10.8. The number of aromatic nitrogens is 1. The van der Waals surface area contributed by atoms with Gasteiger partial charge < -0.3 is 4.90 Å². The molecule has 2 aromatic rings. The summed E-state index contributed by atoms with van der Waals surface area (Å²) in [6.45, 7) is 0. The number of halogens is 2. The van der Waals surface area contributed by atoms with Gasteiger partial charge in [-0.1, -0.05) is 23.2 Å². The van der Waals surface area contributed by atoms with Crippen LogP contribution in [-0.4, -0.2) is 19.1 Å². The molecule has 0 aliphatic carbocycles. The third-order valence-corrected chi connectivity index (χ3v) is 2.91. The van der Waals surface area contributed by atoms with E-state index in [1.54, 1.807) is 18.2 Å². The summed E-state index contributed by atoms with van der Waals surface area (Å²) in [5.74, 6) is 0. The molecule has 0 unspecified atom stereocenters. The molecule has 86 valence electrons. The van der Waals surface area contributed by atoms with Crippen LogP contribution >= 0.6 is 23.2 Å². The van der Waals surface area contributed by atoms with Crippen molar-refractivity contribution in [3.05, 3.63) is 33.9 Å². The van der Waals surface area contributed by atoms with E-state index < -0.39 is 0 Å². The summed E-state index contributed by atoms with van der Waals surface area (Å²) in [6, 6.07) is 7.17. The highest BCUT2D eigenvalue weighted by atomic mass is 35.5. The highest BCUT2D eigenvalue weighted by molar-refractivity contribution is 6.38. The van der Waals surface area contributed by atoms with E-state index in [0.29, 0.717) is 21.3 Å². The maximum atomic E-state index is 8.95. The van der Waals surface area contributed by atoms with Crippen LogP contribution in [0.2, 0.25) is 10.0 Å². The number of hydrogen-bond donors (Lipinski definition) is 0. The van der Waals surface area contributed by atoms with E-state index in [2.05, 4.69) is 4.98 Å². The average Bonchev–Trinajstić information content (AvgIpc) is 2.27. The molecule has 0 N–H and O–H groups in total. The second kappa shape index (κ2) is 4.40. The largest absolute Gasteiger partial charge is 0.377 e. The normalized spacial score (nSPS) is 10.3. The molecule has 0 spiro atoms. The number of rotatable bonds is 1. The molecule has 1 aromatic carbocycles. The van der Waals surface area contributed by atoms with E-state index in [-0.39, 0.29) is 0 Å². The van der Waals surface area contributed by atoms with Gasteiger partial charge in [-0.3, -0.25) is 0 Å². The first-order chi connectivity index (χ1) is 8.02. The van der Waals surface area contributed by atoms with Crippen LogP contribution in [0.4, 0.5) is 5.69 Å². The summed E-state index contributed by atoms with van der Waals surface area (Å²) < 4.78 is 0.